The molecule has 0 fully saturated rings. The molecule has 0 aromatic carbocycles. The number of hydrogen-bond acceptors (Lipinski definition) is 3. The Morgan fingerprint density at radius 3 is 2.69 bits per heavy atom. The van der Waals surface area contributed by atoms with E-state index in [0.29, 0.717) is 18.2 Å². The zero-order valence-corrected chi connectivity index (χ0v) is 8.10. The van der Waals surface area contributed by atoms with E-state index in [-0.39, 0.29) is 0 Å². The summed E-state index contributed by atoms with van der Waals surface area (Å²) in [6, 6.07) is 0. The van der Waals surface area contributed by atoms with Gasteiger partial charge in [-0.2, -0.15) is 0 Å². The van der Waals surface area contributed by atoms with Crippen molar-refractivity contribution in [3.63, 3.8) is 0 Å². The third kappa shape index (κ3) is 3.30. The minimum Gasteiger partial charge on any atom is -0.357 e. The molecule has 0 radical (unpaired) electrons. The van der Waals surface area contributed by atoms with Crippen LogP contribution in [0, 0.1) is 11.8 Å². The summed E-state index contributed by atoms with van der Waals surface area (Å²) < 4.78 is 0. The molecule has 3 nitrogen and oxygen atoms in total. The van der Waals surface area contributed by atoms with E-state index in [2.05, 4.69) is 27.1 Å². The highest BCUT2D eigenvalue weighted by Gasteiger charge is 1.90. The number of alkyl halides is 1. The van der Waals surface area contributed by atoms with E-state index in [4.69, 9.17) is 11.6 Å². The number of nitrogens with zero attached hydrogens (tertiary/aromatic N) is 2. The molecule has 1 heterocycles. The number of halogens is 1. The van der Waals surface area contributed by atoms with Crippen molar-refractivity contribution < 1.29 is 0 Å². The molecule has 0 amide bonds. The average Bonchev–Trinajstić information content (AvgIpc) is 2.19. The van der Waals surface area contributed by atoms with Gasteiger partial charge in [0.25, 0.3) is 0 Å². The van der Waals surface area contributed by atoms with Gasteiger partial charge in [0.05, 0.1) is 5.56 Å². The number of aromatic nitrogens is 2. The first kappa shape index (κ1) is 9.82. The quantitative estimate of drug-likeness (QED) is 0.574. The average molecular weight is 196 g/mol. The maximum atomic E-state index is 5.47. The van der Waals surface area contributed by atoms with Crippen molar-refractivity contribution in [1.29, 1.82) is 0 Å². The Hall–Kier alpha value is -1.27. The van der Waals surface area contributed by atoms with Crippen LogP contribution in [0.4, 0.5) is 5.95 Å². The summed E-state index contributed by atoms with van der Waals surface area (Å²) in [5, 5.41) is 2.83. The monoisotopic (exact) mass is 195 g/mol. The van der Waals surface area contributed by atoms with Crippen molar-refractivity contribution in [3.8, 4) is 11.8 Å². The molecular formula is C9H10ClN3. The number of nitrogens with one attached hydrogen (secondary N) is 1. The third-order valence-corrected chi connectivity index (χ3v) is 1.52. The van der Waals surface area contributed by atoms with E-state index in [1.807, 2.05) is 0 Å². The highest BCUT2D eigenvalue weighted by atomic mass is 35.5. The van der Waals surface area contributed by atoms with Crippen molar-refractivity contribution in [2.75, 3.05) is 18.2 Å². The number of anilines is 1. The SMILES string of the molecule is CNc1ncc(C#CCCCl)cn1. The first-order valence-corrected chi connectivity index (χ1v) is 4.45. The molecule has 0 atom stereocenters. The van der Waals surface area contributed by atoms with Crippen LogP contribution in [0.15, 0.2) is 12.4 Å². The van der Waals surface area contributed by atoms with Gasteiger partial charge in [-0.25, -0.2) is 9.97 Å². The van der Waals surface area contributed by atoms with Gasteiger partial charge in [-0.1, -0.05) is 11.8 Å². The van der Waals surface area contributed by atoms with Crippen molar-refractivity contribution in [2.45, 2.75) is 6.42 Å². The summed E-state index contributed by atoms with van der Waals surface area (Å²) in [5.41, 5.74) is 0.809. The second-order valence-electron chi connectivity index (χ2n) is 2.29. The molecule has 1 N–H and O–H groups in total. The molecule has 0 unspecified atom stereocenters. The fourth-order valence-electron chi connectivity index (χ4n) is 0.733. The molecule has 0 spiro atoms. The van der Waals surface area contributed by atoms with Gasteiger partial charge in [0.1, 0.15) is 0 Å². The molecule has 0 aliphatic heterocycles. The maximum absolute atomic E-state index is 5.47. The molecule has 1 rings (SSSR count). The Kier molecular flexibility index (Phi) is 4.07. The van der Waals surface area contributed by atoms with Gasteiger partial charge in [0, 0.05) is 31.7 Å². The van der Waals surface area contributed by atoms with Gasteiger partial charge in [-0.05, 0) is 0 Å². The predicted octanol–water partition coefficient (Wildman–Crippen LogP) is 1.50. The van der Waals surface area contributed by atoms with E-state index < -0.39 is 0 Å². The van der Waals surface area contributed by atoms with Crippen LogP contribution < -0.4 is 5.32 Å². The zero-order valence-electron chi connectivity index (χ0n) is 7.34. The number of rotatable bonds is 2. The fourth-order valence-corrected chi connectivity index (χ4v) is 0.828. The normalized spacial score (nSPS) is 8.77. The van der Waals surface area contributed by atoms with Gasteiger partial charge in [-0.3, -0.25) is 0 Å². The smallest absolute Gasteiger partial charge is 0.222 e. The lowest BCUT2D eigenvalue weighted by molar-refractivity contribution is 1.14. The zero-order chi connectivity index (χ0) is 9.52. The minimum atomic E-state index is 0.558. The van der Waals surface area contributed by atoms with E-state index in [9.17, 15) is 0 Å². The largest absolute Gasteiger partial charge is 0.357 e. The molecule has 0 aliphatic carbocycles. The first-order valence-electron chi connectivity index (χ1n) is 3.91. The van der Waals surface area contributed by atoms with Gasteiger partial charge in [0.2, 0.25) is 5.95 Å². The van der Waals surface area contributed by atoms with E-state index >= 15 is 0 Å². The molecule has 1 aromatic heterocycles. The molecule has 4 heteroatoms. The van der Waals surface area contributed by atoms with E-state index in [0.717, 1.165) is 5.56 Å². The molecule has 0 saturated carbocycles. The molecule has 0 saturated heterocycles. The van der Waals surface area contributed by atoms with E-state index in [1.165, 1.54) is 0 Å². The Morgan fingerprint density at radius 2 is 2.15 bits per heavy atom. The Balaban J connectivity index is 2.65. The minimum absolute atomic E-state index is 0.558. The highest BCUT2D eigenvalue weighted by molar-refractivity contribution is 6.18. The molecule has 0 bridgehead atoms. The van der Waals surface area contributed by atoms with Crippen LogP contribution in [0.25, 0.3) is 0 Å². The standard InChI is InChI=1S/C9H10ClN3/c1-11-9-12-6-8(7-13-9)4-2-3-5-10/h6-7H,3,5H2,1H3,(H,11,12,13). The van der Waals surface area contributed by atoms with Crippen LogP contribution in [0.2, 0.25) is 0 Å². The second kappa shape index (κ2) is 5.39. The van der Waals surface area contributed by atoms with Crippen LogP contribution in [0.5, 0.6) is 0 Å². The Bertz CT molecular complexity index is 310. The Morgan fingerprint density at radius 1 is 1.46 bits per heavy atom. The lowest BCUT2D eigenvalue weighted by Gasteiger charge is -1.95. The molecule has 0 aliphatic rings. The van der Waals surface area contributed by atoms with E-state index in [1.54, 1.807) is 19.4 Å². The third-order valence-electron chi connectivity index (χ3n) is 1.33. The molecular weight excluding hydrogens is 186 g/mol. The summed E-state index contributed by atoms with van der Waals surface area (Å²) in [6.45, 7) is 0. The summed E-state index contributed by atoms with van der Waals surface area (Å²) in [5.74, 6) is 6.97. The topological polar surface area (TPSA) is 37.8 Å². The van der Waals surface area contributed by atoms with Crippen molar-refractivity contribution >= 4 is 17.5 Å². The van der Waals surface area contributed by atoms with Crippen molar-refractivity contribution in [2.24, 2.45) is 0 Å². The molecule has 13 heavy (non-hydrogen) atoms. The molecule has 1 aromatic rings. The summed E-state index contributed by atoms with van der Waals surface area (Å²) in [6.07, 6.45) is 4.05. The van der Waals surface area contributed by atoms with Crippen LogP contribution in [0.3, 0.4) is 0 Å². The molecule has 68 valence electrons. The lowest BCUT2D eigenvalue weighted by Crippen LogP contribution is -1.95. The van der Waals surface area contributed by atoms with Crippen molar-refractivity contribution in [3.05, 3.63) is 18.0 Å². The van der Waals surface area contributed by atoms with Crippen molar-refractivity contribution in [1.82, 2.24) is 9.97 Å². The van der Waals surface area contributed by atoms with Gasteiger partial charge in [-0.15, -0.1) is 11.6 Å². The van der Waals surface area contributed by atoms with Crippen LogP contribution in [0.1, 0.15) is 12.0 Å². The van der Waals surface area contributed by atoms with Crippen LogP contribution in [-0.2, 0) is 0 Å². The summed E-state index contributed by atoms with van der Waals surface area (Å²) >= 11 is 5.47. The second-order valence-corrected chi connectivity index (χ2v) is 2.66. The first-order chi connectivity index (χ1) is 6.36. The number of hydrogen-bond donors (Lipinski definition) is 1. The van der Waals surface area contributed by atoms with Crippen LogP contribution >= 0.6 is 11.6 Å². The highest BCUT2D eigenvalue weighted by Crippen LogP contribution is 1.97. The van der Waals surface area contributed by atoms with Gasteiger partial charge >= 0.3 is 0 Å². The lowest BCUT2D eigenvalue weighted by atomic mass is 10.3. The fraction of sp³-hybridized carbons (Fsp3) is 0.333. The van der Waals surface area contributed by atoms with Gasteiger partial charge in [0.15, 0.2) is 0 Å². The Labute approximate surface area is 82.5 Å². The summed E-state index contributed by atoms with van der Waals surface area (Å²) in [7, 11) is 1.77. The summed E-state index contributed by atoms with van der Waals surface area (Å²) in [4.78, 5) is 8.04. The van der Waals surface area contributed by atoms with Crippen LogP contribution in [-0.4, -0.2) is 22.9 Å². The maximum Gasteiger partial charge on any atom is 0.222 e. The van der Waals surface area contributed by atoms with Gasteiger partial charge < -0.3 is 5.32 Å². The predicted molar refractivity (Wildman–Crippen MR) is 53.8 cm³/mol.